The molecule has 19 heavy (non-hydrogen) atoms. The van der Waals surface area contributed by atoms with E-state index in [-0.39, 0.29) is 0 Å². The molecule has 2 aromatic rings. The summed E-state index contributed by atoms with van der Waals surface area (Å²) < 4.78 is 31.4. The number of nitrogens with zero attached hydrogens (tertiary/aromatic N) is 2. The molecule has 1 unspecified atom stereocenters. The minimum absolute atomic E-state index is 0.339. The molecule has 4 nitrogen and oxygen atoms in total. The minimum atomic E-state index is -0.902. The van der Waals surface area contributed by atoms with Crippen LogP contribution in [0.4, 0.5) is 8.78 Å². The smallest absolute Gasteiger partial charge is 0.237 e. The maximum atomic E-state index is 13.3. The molecule has 0 amide bonds. The van der Waals surface area contributed by atoms with Crippen molar-refractivity contribution < 1.29 is 13.5 Å². The van der Waals surface area contributed by atoms with Crippen molar-refractivity contribution in [3.8, 4) is 5.88 Å². The Morgan fingerprint density at radius 1 is 1.16 bits per heavy atom. The summed E-state index contributed by atoms with van der Waals surface area (Å²) in [6.07, 6.45) is 3.02. The molecular formula is C13H13F2N3O. The van der Waals surface area contributed by atoms with Gasteiger partial charge in [0.2, 0.25) is 5.88 Å². The summed E-state index contributed by atoms with van der Waals surface area (Å²) in [5.41, 5.74) is 1.05. The topological polar surface area (TPSA) is 47.0 Å². The van der Waals surface area contributed by atoms with Crippen LogP contribution in [0.3, 0.4) is 0 Å². The summed E-state index contributed by atoms with van der Waals surface area (Å²) >= 11 is 0. The quantitative estimate of drug-likeness (QED) is 0.919. The fourth-order valence-corrected chi connectivity index (χ4v) is 1.84. The van der Waals surface area contributed by atoms with Crippen molar-refractivity contribution >= 4 is 0 Å². The first kappa shape index (κ1) is 13.4. The number of hydrogen-bond donors (Lipinski definition) is 1. The predicted octanol–water partition coefficient (Wildman–Crippen LogP) is 2.07. The summed E-state index contributed by atoms with van der Waals surface area (Å²) in [6, 6.07) is 3.27. The zero-order valence-corrected chi connectivity index (χ0v) is 10.5. The first-order valence-electron chi connectivity index (χ1n) is 5.64. The van der Waals surface area contributed by atoms with Gasteiger partial charge >= 0.3 is 0 Å². The highest BCUT2D eigenvalue weighted by atomic mass is 19.2. The molecule has 0 bridgehead atoms. The number of nitrogens with one attached hydrogen (secondary N) is 1. The largest absolute Gasteiger partial charge is 0.480 e. The van der Waals surface area contributed by atoms with Gasteiger partial charge in [-0.1, -0.05) is 6.07 Å². The first-order valence-corrected chi connectivity index (χ1v) is 5.64. The Balaban J connectivity index is 2.46. The Morgan fingerprint density at radius 3 is 2.53 bits per heavy atom. The number of benzene rings is 1. The van der Waals surface area contributed by atoms with Crippen LogP contribution in [0.5, 0.6) is 5.88 Å². The molecule has 2 rings (SSSR count). The number of hydrogen-bond acceptors (Lipinski definition) is 4. The lowest BCUT2D eigenvalue weighted by Crippen LogP contribution is -2.20. The highest BCUT2D eigenvalue weighted by Gasteiger charge is 2.20. The van der Waals surface area contributed by atoms with Crippen LogP contribution in [0.1, 0.15) is 17.3 Å². The highest BCUT2D eigenvalue weighted by molar-refractivity contribution is 5.33. The summed E-state index contributed by atoms with van der Waals surface area (Å²) in [4.78, 5) is 8.22. The average Bonchev–Trinajstić information content (AvgIpc) is 2.44. The fraction of sp³-hybridized carbons (Fsp3) is 0.231. The Morgan fingerprint density at radius 2 is 1.89 bits per heavy atom. The fourth-order valence-electron chi connectivity index (χ4n) is 1.84. The second-order valence-electron chi connectivity index (χ2n) is 3.85. The normalized spacial score (nSPS) is 12.2. The van der Waals surface area contributed by atoms with Crippen LogP contribution in [0.2, 0.25) is 0 Å². The Labute approximate surface area is 109 Å². The third-order valence-electron chi connectivity index (χ3n) is 2.72. The van der Waals surface area contributed by atoms with E-state index in [9.17, 15) is 8.78 Å². The van der Waals surface area contributed by atoms with E-state index < -0.39 is 17.7 Å². The third kappa shape index (κ3) is 2.68. The van der Waals surface area contributed by atoms with E-state index >= 15 is 0 Å². The molecule has 6 heteroatoms. The van der Waals surface area contributed by atoms with Gasteiger partial charge < -0.3 is 10.1 Å². The lowest BCUT2D eigenvalue weighted by Gasteiger charge is -2.17. The molecule has 0 spiro atoms. The Hall–Kier alpha value is -2.08. The highest BCUT2D eigenvalue weighted by Crippen LogP contribution is 2.26. The Bertz CT molecular complexity index is 578. The molecule has 0 saturated carbocycles. The van der Waals surface area contributed by atoms with Crippen LogP contribution in [-0.4, -0.2) is 24.1 Å². The van der Waals surface area contributed by atoms with Crippen molar-refractivity contribution in [2.24, 2.45) is 0 Å². The van der Waals surface area contributed by atoms with E-state index in [1.165, 1.54) is 25.6 Å². The molecule has 1 aromatic heterocycles. The van der Waals surface area contributed by atoms with Gasteiger partial charge in [-0.3, -0.25) is 4.98 Å². The van der Waals surface area contributed by atoms with Gasteiger partial charge in [0.1, 0.15) is 5.69 Å². The molecule has 0 radical (unpaired) electrons. The molecule has 0 aliphatic rings. The van der Waals surface area contributed by atoms with Crippen molar-refractivity contribution in [3.05, 3.63) is 53.5 Å². The summed E-state index contributed by atoms with van der Waals surface area (Å²) in [6.45, 7) is 0. The second-order valence-corrected chi connectivity index (χ2v) is 3.85. The lowest BCUT2D eigenvalue weighted by molar-refractivity contribution is 0.384. The molecule has 0 saturated heterocycles. The maximum absolute atomic E-state index is 13.3. The molecule has 1 atom stereocenters. The summed E-state index contributed by atoms with van der Waals surface area (Å²) in [5, 5.41) is 2.98. The zero-order valence-electron chi connectivity index (χ0n) is 10.5. The van der Waals surface area contributed by atoms with Crippen LogP contribution in [0.25, 0.3) is 0 Å². The van der Waals surface area contributed by atoms with Gasteiger partial charge in [0.05, 0.1) is 13.2 Å². The molecule has 1 aromatic carbocycles. The van der Waals surface area contributed by atoms with E-state index in [4.69, 9.17) is 4.74 Å². The number of methoxy groups -OCH3 is 1. The molecule has 0 fully saturated rings. The predicted molar refractivity (Wildman–Crippen MR) is 65.8 cm³/mol. The van der Waals surface area contributed by atoms with Crippen molar-refractivity contribution in [2.45, 2.75) is 6.04 Å². The van der Waals surface area contributed by atoms with Gasteiger partial charge in [-0.05, 0) is 24.7 Å². The van der Waals surface area contributed by atoms with Crippen LogP contribution in [0.15, 0.2) is 30.6 Å². The zero-order chi connectivity index (χ0) is 13.8. The van der Waals surface area contributed by atoms with Crippen molar-refractivity contribution in [2.75, 3.05) is 14.2 Å². The lowest BCUT2D eigenvalue weighted by atomic mass is 10.0. The van der Waals surface area contributed by atoms with Gasteiger partial charge in [-0.2, -0.15) is 0 Å². The minimum Gasteiger partial charge on any atom is -0.480 e. The van der Waals surface area contributed by atoms with E-state index in [1.807, 2.05) is 0 Å². The van der Waals surface area contributed by atoms with E-state index in [1.54, 1.807) is 7.05 Å². The molecule has 0 aliphatic carbocycles. The summed E-state index contributed by atoms with van der Waals surface area (Å²) in [7, 11) is 3.17. The van der Waals surface area contributed by atoms with Gasteiger partial charge in [-0.15, -0.1) is 0 Å². The van der Waals surface area contributed by atoms with E-state index in [0.717, 1.165) is 12.1 Å². The van der Waals surface area contributed by atoms with E-state index in [0.29, 0.717) is 17.1 Å². The maximum Gasteiger partial charge on any atom is 0.237 e. The number of ether oxygens (including phenoxy) is 1. The van der Waals surface area contributed by atoms with E-state index in [2.05, 4.69) is 15.3 Å². The second kappa shape index (κ2) is 5.71. The number of halogens is 2. The van der Waals surface area contributed by atoms with Crippen molar-refractivity contribution in [1.29, 1.82) is 0 Å². The van der Waals surface area contributed by atoms with Gasteiger partial charge in [-0.25, -0.2) is 13.8 Å². The number of rotatable bonds is 4. The van der Waals surface area contributed by atoms with Gasteiger partial charge in [0.15, 0.2) is 11.6 Å². The van der Waals surface area contributed by atoms with Gasteiger partial charge in [0, 0.05) is 12.4 Å². The molecular weight excluding hydrogens is 252 g/mol. The first-order chi connectivity index (χ1) is 9.17. The third-order valence-corrected chi connectivity index (χ3v) is 2.72. The van der Waals surface area contributed by atoms with Crippen molar-refractivity contribution in [3.63, 3.8) is 0 Å². The standard InChI is InChI=1S/C13H13F2N3O/c1-16-11(8-3-4-9(14)10(15)7-8)12-13(19-2)18-6-5-17-12/h3-7,11,16H,1-2H3. The molecule has 100 valence electrons. The van der Waals surface area contributed by atoms with Gasteiger partial charge in [0.25, 0.3) is 0 Å². The van der Waals surface area contributed by atoms with Crippen LogP contribution in [0, 0.1) is 11.6 Å². The number of aromatic nitrogens is 2. The van der Waals surface area contributed by atoms with Crippen LogP contribution < -0.4 is 10.1 Å². The molecule has 1 heterocycles. The van der Waals surface area contributed by atoms with Crippen LogP contribution >= 0.6 is 0 Å². The average molecular weight is 265 g/mol. The summed E-state index contributed by atoms with van der Waals surface area (Å²) in [5.74, 6) is -1.45. The molecule has 1 N–H and O–H groups in total. The monoisotopic (exact) mass is 265 g/mol. The van der Waals surface area contributed by atoms with Crippen LogP contribution in [-0.2, 0) is 0 Å². The van der Waals surface area contributed by atoms with Crippen molar-refractivity contribution in [1.82, 2.24) is 15.3 Å². The Kier molecular flexibility index (Phi) is 4.01. The molecule has 0 aliphatic heterocycles. The SMILES string of the molecule is CNC(c1ccc(F)c(F)c1)c1nccnc1OC.